The molecule has 35 heavy (non-hydrogen) atoms. The molecule has 0 unspecified atom stereocenters. The number of aromatic nitrogens is 2. The highest BCUT2D eigenvalue weighted by atomic mass is 35.5. The van der Waals surface area contributed by atoms with E-state index in [0.717, 1.165) is 51.7 Å². The van der Waals surface area contributed by atoms with Gasteiger partial charge in [-0.05, 0) is 66.8 Å². The summed E-state index contributed by atoms with van der Waals surface area (Å²) in [5.41, 5.74) is 6.72. The van der Waals surface area contributed by atoms with E-state index in [1.807, 2.05) is 26.0 Å². The van der Waals surface area contributed by atoms with Crippen molar-refractivity contribution >= 4 is 22.6 Å². The van der Waals surface area contributed by atoms with E-state index in [1.165, 1.54) is 11.1 Å². The summed E-state index contributed by atoms with van der Waals surface area (Å²) >= 11 is 6.32. The Balaban J connectivity index is 1.46. The lowest BCUT2D eigenvalue weighted by Crippen LogP contribution is -2.13. The molecular formula is C31H29ClN2O. The summed E-state index contributed by atoms with van der Waals surface area (Å²) in [6.45, 7) is 5.46. The number of hydrogen-bond donors (Lipinski definition) is 0. The average molecular weight is 481 g/mol. The number of hydrogen-bond acceptors (Lipinski definition) is 2. The molecule has 0 radical (unpaired) electrons. The minimum Gasteiger partial charge on any atom is -0.494 e. The van der Waals surface area contributed by atoms with Gasteiger partial charge in [-0.15, -0.1) is 0 Å². The van der Waals surface area contributed by atoms with Gasteiger partial charge in [-0.25, -0.2) is 4.98 Å². The quantitative estimate of drug-likeness (QED) is 0.211. The van der Waals surface area contributed by atoms with E-state index in [1.54, 1.807) is 0 Å². The second-order valence-corrected chi connectivity index (χ2v) is 9.32. The predicted molar refractivity (Wildman–Crippen MR) is 145 cm³/mol. The van der Waals surface area contributed by atoms with Gasteiger partial charge in [0.1, 0.15) is 11.6 Å². The number of fused-ring (bicyclic) bond motifs is 1. The van der Waals surface area contributed by atoms with Gasteiger partial charge >= 0.3 is 0 Å². The third-order valence-electron chi connectivity index (χ3n) is 6.41. The van der Waals surface area contributed by atoms with Gasteiger partial charge in [-0.2, -0.15) is 0 Å². The summed E-state index contributed by atoms with van der Waals surface area (Å²) in [5, 5.41) is 0.805. The highest BCUT2D eigenvalue weighted by Gasteiger charge is 2.23. The first-order chi connectivity index (χ1) is 17.1. The Bertz CT molecular complexity index is 1360. The summed E-state index contributed by atoms with van der Waals surface area (Å²) < 4.78 is 8.47. The van der Waals surface area contributed by atoms with Crippen LogP contribution in [-0.2, 0) is 6.54 Å². The van der Waals surface area contributed by atoms with Crippen LogP contribution in [0.5, 0.6) is 5.75 Å². The summed E-state index contributed by atoms with van der Waals surface area (Å²) in [6, 6.07) is 33.7. The molecule has 4 aromatic carbocycles. The van der Waals surface area contributed by atoms with E-state index in [-0.39, 0.29) is 5.92 Å². The number of imidazole rings is 1. The summed E-state index contributed by atoms with van der Waals surface area (Å²) in [7, 11) is 0. The Kier molecular flexibility index (Phi) is 6.87. The molecule has 5 aromatic rings. The molecule has 1 aromatic heterocycles. The predicted octanol–water partition coefficient (Wildman–Crippen LogP) is 7.96. The van der Waals surface area contributed by atoms with Crippen molar-refractivity contribution in [2.45, 2.75) is 32.7 Å². The van der Waals surface area contributed by atoms with E-state index < -0.39 is 0 Å². The van der Waals surface area contributed by atoms with Crippen LogP contribution in [-0.4, -0.2) is 16.2 Å². The highest BCUT2D eigenvalue weighted by molar-refractivity contribution is 6.32. The Morgan fingerprint density at radius 3 is 2.00 bits per heavy atom. The van der Waals surface area contributed by atoms with Gasteiger partial charge in [0, 0.05) is 11.6 Å². The van der Waals surface area contributed by atoms with Crippen LogP contribution in [0.2, 0.25) is 5.02 Å². The number of ether oxygens (including phenoxy) is 1. The van der Waals surface area contributed by atoms with E-state index in [4.69, 9.17) is 21.3 Å². The molecule has 0 aliphatic carbocycles. The van der Waals surface area contributed by atoms with Crippen molar-refractivity contribution < 1.29 is 4.74 Å². The molecule has 0 saturated carbocycles. The van der Waals surface area contributed by atoms with E-state index >= 15 is 0 Å². The lowest BCUT2D eigenvalue weighted by Gasteiger charge is -2.20. The first-order valence-corrected chi connectivity index (χ1v) is 12.4. The van der Waals surface area contributed by atoms with Crippen molar-refractivity contribution in [1.29, 1.82) is 0 Å². The molecule has 3 nitrogen and oxygen atoms in total. The number of benzene rings is 4. The zero-order valence-electron chi connectivity index (χ0n) is 20.1. The van der Waals surface area contributed by atoms with E-state index in [0.29, 0.717) is 6.61 Å². The zero-order chi connectivity index (χ0) is 24.2. The molecule has 0 amide bonds. The molecule has 0 N–H and O–H groups in total. The van der Waals surface area contributed by atoms with Crippen molar-refractivity contribution in [3.63, 3.8) is 0 Å². The smallest absolute Gasteiger partial charge is 0.121 e. The van der Waals surface area contributed by atoms with Gasteiger partial charge in [0.25, 0.3) is 0 Å². The van der Waals surface area contributed by atoms with E-state index in [9.17, 15) is 0 Å². The topological polar surface area (TPSA) is 27.1 Å². The van der Waals surface area contributed by atoms with Gasteiger partial charge in [0.2, 0.25) is 0 Å². The second-order valence-electron chi connectivity index (χ2n) is 8.94. The summed E-state index contributed by atoms with van der Waals surface area (Å²) in [5.74, 6) is 1.97. The normalized spacial score (nSPS) is 11.3. The second kappa shape index (κ2) is 10.4. The van der Waals surface area contributed by atoms with Gasteiger partial charge in [-0.3, -0.25) is 0 Å². The molecule has 4 heteroatoms. The maximum atomic E-state index is 6.32. The number of aryl methyl sites for hydroxylation is 3. The van der Waals surface area contributed by atoms with Gasteiger partial charge < -0.3 is 9.30 Å². The molecule has 0 fully saturated rings. The number of halogens is 1. The van der Waals surface area contributed by atoms with Crippen molar-refractivity contribution in [2.75, 3.05) is 6.61 Å². The Morgan fingerprint density at radius 1 is 0.800 bits per heavy atom. The Labute approximate surface area is 212 Å². The van der Waals surface area contributed by atoms with Crippen LogP contribution in [0.1, 0.15) is 40.4 Å². The molecule has 0 saturated heterocycles. The van der Waals surface area contributed by atoms with Crippen LogP contribution < -0.4 is 4.74 Å². The molecule has 1 heterocycles. The van der Waals surface area contributed by atoms with Crippen LogP contribution in [0.4, 0.5) is 0 Å². The van der Waals surface area contributed by atoms with Crippen molar-refractivity contribution in [3.8, 4) is 5.75 Å². The molecule has 0 bridgehead atoms. The fraction of sp³-hybridized carbons (Fsp3) is 0.194. The minimum atomic E-state index is 0.0484. The summed E-state index contributed by atoms with van der Waals surface area (Å²) in [6.07, 6.45) is 0.865. The van der Waals surface area contributed by atoms with Gasteiger partial charge in [0.05, 0.1) is 23.6 Å². The van der Waals surface area contributed by atoms with Crippen LogP contribution in [0.15, 0.2) is 97.1 Å². The third kappa shape index (κ3) is 4.96. The molecule has 176 valence electrons. The van der Waals surface area contributed by atoms with Gasteiger partial charge in [-0.1, -0.05) is 84.4 Å². The Hall–Kier alpha value is -3.56. The molecule has 0 spiro atoms. The maximum absolute atomic E-state index is 6.32. The molecular weight excluding hydrogens is 452 g/mol. The van der Waals surface area contributed by atoms with Crippen molar-refractivity contribution in [1.82, 2.24) is 9.55 Å². The highest BCUT2D eigenvalue weighted by Crippen LogP contribution is 2.33. The fourth-order valence-electron chi connectivity index (χ4n) is 4.73. The largest absolute Gasteiger partial charge is 0.494 e. The zero-order valence-corrected chi connectivity index (χ0v) is 20.9. The first-order valence-electron chi connectivity index (χ1n) is 12.1. The van der Waals surface area contributed by atoms with Crippen molar-refractivity contribution in [2.24, 2.45) is 0 Å². The monoisotopic (exact) mass is 480 g/mol. The van der Waals surface area contributed by atoms with Crippen LogP contribution in [0.25, 0.3) is 11.0 Å². The number of para-hydroxylation sites is 2. The molecule has 0 aliphatic rings. The standard InChI is InChI=1S/C31H29ClN2O/c1-22-20-26(21-23(2)30(22)32)35-19-11-18-34-28-17-10-9-16-27(28)33-31(34)29(24-12-5-3-6-13-24)25-14-7-4-8-15-25/h3-10,12-17,20-21,29H,11,18-19H2,1-2H3. The first kappa shape index (κ1) is 23.2. The lowest BCUT2D eigenvalue weighted by atomic mass is 9.90. The third-order valence-corrected chi connectivity index (χ3v) is 7.01. The molecule has 5 rings (SSSR count). The molecule has 0 atom stereocenters. The maximum Gasteiger partial charge on any atom is 0.121 e. The SMILES string of the molecule is Cc1cc(OCCCn2c(C(c3ccccc3)c3ccccc3)nc3ccccc32)cc(C)c1Cl. The van der Waals surface area contributed by atoms with Gasteiger partial charge in [0.15, 0.2) is 0 Å². The lowest BCUT2D eigenvalue weighted by molar-refractivity contribution is 0.301. The van der Waals surface area contributed by atoms with Crippen LogP contribution in [0.3, 0.4) is 0 Å². The average Bonchev–Trinajstić information content (AvgIpc) is 3.24. The minimum absolute atomic E-state index is 0.0484. The molecule has 0 aliphatic heterocycles. The van der Waals surface area contributed by atoms with Crippen LogP contribution in [0, 0.1) is 13.8 Å². The fourth-order valence-corrected chi connectivity index (χ4v) is 4.84. The van der Waals surface area contributed by atoms with Crippen molar-refractivity contribution in [3.05, 3.63) is 130 Å². The number of rotatable bonds is 8. The Morgan fingerprint density at radius 2 is 1.37 bits per heavy atom. The van der Waals surface area contributed by atoms with E-state index in [2.05, 4.69) is 89.5 Å². The summed E-state index contributed by atoms with van der Waals surface area (Å²) in [4.78, 5) is 5.14. The number of nitrogens with zero attached hydrogens (tertiary/aromatic N) is 2. The van der Waals surface area contributed by atoms with Crippen LogP contribution >= 0.6 is 11.6 Å².